The summed E-state index contributed by atoms with van der Waals surface area (Å²) in [6.07, 6.45) is 5.13. The second-order valence-corrected chi connectivity index (χ2v) is 6.70. The number of amides is 1. The Morgan fingerprint density at radius 1 is 1.06 bits per heavy atom. The summed E-state index contributed by atoms with van der Waals surface area (Å²) in [5.74, 6) is 1.03. The molecule has 2 aliphatic rings. The fourth-order valence-corrected chi connectivity index (χ4v) is 3.52. The standard InChI is InChI=1S/C15H28N2O/c1-13(2)12-16-8-4-15(5-9-16)6-10-17(11-7-15)14(3)18/h13H,4-12H2,1-3H3. The molecule has 0 unspecified atom stereocenters. The molecule has 0 aromatic rings. The van der Waals surface area contributed by atoms with Gasteiger partial charge in [-0.25, -0.2) is 0 Å². The van der Waals surface area contributed by atoms with Gasteiger partial charge in [0.2, 0.25) is 5.91 Å². The van der Waals surface area contributed by atoms with Crippen molar-refractivity contribution in [2.75, 3.05) is 32.7 Å². The molecule has 2 fully saturated rings. The molecule has 3 nitrogen and oxygen atoms in total. The molecule has 0 saturated carbocycles. The highest BCUT2D eigenvalue weighted by molar-refractivity contribution is 5.73. The molecule has 18 heavy (non-hydrogen) atoms. The SMILES string of the molecule is CC(=O)N1CCC2(CCN(CC(C)C)CC2)CC1. The maximum Gasteiger partial charge on any atom is 0.219 e. The van der Waals surface area contributed by atoms with Gasteiger partial charge in [0.05, 0.1) is 0 Å². The lowest BCUT2D eigenvalue weighted by Crippen LogP contribution is -2.48. The van der Waals surface area contributed by atoms with Gasteiger partial charge in [-0.15, -0.1) is 0 Å². The van der Waals surface area contributed by atoms with Gasteiger partial charge in [-0.1, -0.05) is 13.8 Å². The molecule has 0 atom stereocenters. The molecule has 2 rings (SSSR count). The summed E-state index contributed by atoms with van der Waals surface area (Å²) in [7, 11) is 0. The molecule has 0 aliphatic carbocycles. The zero-order chi connectivity index (χ0) is 13.2. The lowest BCUT2D eigenvalue weighted by molar-refractivity contribution is -0.131. The second-order valence-electron chi connectivity index (χ2n) is 6.70. The predicted octanol–water partition coefficient (Wildman–Crippen LogP) is 2.37. The van der Waals surface area contributed by atoms with Crippen LogP contribution in [-0.4, -0.2) is 48.4 Å². The van der Waals surface area contributed by atoms with Gasteiger partial charge in [-0.3, -0.25) is 4.79 Å². The van der Waals surface area contributed by atoms with Crippen LogP contribution in [0, 0.1) is 11.3 Å². The van der Waals surface area contributed by atoms with Crippen LogP contribution >= 0.6 is 0 Å². The van der Waals surface area contributed by atoms with Crippen molar-refractivity contribution < 1.29 is 4.79 Å². The van der Waals surface area contributed by atoms with Crippen molar-refractivity contribution in [3.05, 3.63) is 0 Å². The van der Waals surface area contributed by atoms with E-state index in [4.69, 9.17) is 0 Å². The van der Waals surface area contributed by atoms with E-state index < -0.39 is 0 Å². The number of piperidine rings is 2. The highest BCUT2D eigenvalue weighted by atomic mass is 16.2. The van der Waals surface area contributed by atoms with E-state index in [1.165, 1.54) is 45.3 Å². The molecular formula is C15H28N2O. The highest BCUT2D eigenvalue weighted by Crippen LogP contribution is 2.41. The molecule has 2 heterocycles. The van der Waals surface area contributed by atoms with Crippen LogP contribution in [0.3, 0.4) is 0 Å². The van der Waals surface area contributed by atoms with Crippen LogP contribution in [0.2, 0.25) is 0 Å². The third-order valence-electron chi connectivity index (χ3n) is 4.81. The van der Waals surface area contributed by atoms with E-state index in [1.54, 1.807) is 6.92 Å². The predicted molar refractivity (Wildman–Crippen MR) is 74.4 cm³/mol. The van der Waals surface area contributed by atoms with Crippen molar-refractivity contribution in [2.24, 2.45) is 11.3 Å². The molecule has 0 aromatic heterocycles. The van der Waals surface area contributed by atoms with Crippen LogP contribution in [-0.2, 0) is 4.79 Å². The second kappa shape index (κ2) is 5.60. The lowest BCUT2D eigenvalue weighted by Gasteiger charge is -2.47. The van der Waals surface area contributed by atoms with Gasteiger partial charge in [-0.2, -0.15) is 0 Å². The minimum atomic E-state index is 0.252. The minimum absolute atomic E-state index is 0.252. The Hall–Kier alpha value is -0.570. The third-order valence-corrected chi connectivity index (χ3v) is 4.81. The maximum absolute atomic E-state index is 11.4. The number of likely N-dealkylation sites (tertiary alicyclic amines) is 2. The van der Waals surface area contributed by atoms with E-state index in [9.17, 15) is 4.79 Å². The lowest BCUT2D eigenvalue weighted by atomic mass is 9.71. The number of nitrogens with zero attached hydrogens (tertiary/aromatic N) is 2. The summed E-state index contributed by atoms with van der Waals surface area (Å²) in [6, 6.07) is 0. The van der Waals surface area contributed by atoms with Crippen LogP contribution < -0.4 is 0 Å². The van der Waals surface area contributed by atoms with Crippen molar-refractivity contribution in [1.29, 1.82) is 0 Å². The Morgan fingerprint density at radius 3 is 2.00 bits per heavy atom. The minimum Gasteiger partial charge on any atom is -0.343 e. The maximum atomic E-state index is 11.4. The summed E-state index contributed by atoms with van der Waals surface area (Å²) >= 11 is 0. The Kier molecular flexibility index (Phi) is 4.31. The average Bonchev–Trinajstić information content (AvgIpc) is 2.32. The highest BCUT2D eigenvalue weighted by Gasteiger charge is 2.37. The summed E-state index contributed by atoms with van der Waals surface area (Å²) in [6.45, 7) is 12.0. The van der Waals surface area contributed by atoms with Gasteiger partial charge in [0.25, 0.3) is 0 Å². The molecule has 0 aromatic carbocycles. The number of hydrogen-bond acceptors (Lipinski definition) is 2. The van der Waals surface area contributed by atoms with Gasteiger partial charge in [-0.05, 0) is 50.1 Å². The quantitative estimate of drug-likeness (QED) is 0.753. The average molecular weight is 252 g/mol. The van der Waals surface area contributed by atoms with Gasteiger partial charge in [0.15, 0.2) is 0 Å². The van der Waals surface area contributed by atoms with E-state index in [-0.39, 0.29) is 5.91 Å². The topological polar surface area (TPSA) is 23.6 Å². The van der Waals surface area contributed by atoms with Gasteiger partial charge in [0.1, 0.15) is 0 Å². The van der Waals surface area contributed by atoms with Crippen LogP contribution in [0.4, 0.5) is 0 Å². The Labute approximate surface area is 112 Å². The first-order valence-electron chi connectivity index (χ1n) is 7.49. The largest absolute Gasteiger partial charge is 0.343 e. The summed E-state index contributed by atoms with van der Waals surface area (Å²) in [4.78, 5) is 16.0. The molecule has 2 aliphatic heterocycles. The zero-order valence-corrected chi connectivity index (χ0v) is 12.2. The van der Waals surface area contributed by atoms with Crippen molar-refractivity contribution in [1.82, 2.24) is 9.80 Å². The number of carbonyl (C=O) groups is 1. The summed E-state index contributed by atoms with van der Waals surface area (Å²) in [5.41, 5.74) is 0.555. The fraction of sp³-hybridized carbons (Fsp3) is 0.933. The van der Waals surface area contributed by atoms with Crippen molar-refractivity contribution in [3.8, 4) is 0 Å². The molecule has 0 radical (unpaired) electrons. The van der Waals surface area contributed by atoms with Crippen molar-refractivity contribution >= 4 is 5.91 Å². The zero-order valence-electron chi connectivity index (χ0n) is 12.2. The molecular weight excluding hydrogens is 224 g/mol. The van der Waals surface area contributed by atoms with E-state index in [1.807, 2.05) is 4.90 Å². The van der Waals surface area contributed by atoms with Crippen LogP contribution in [0.1, 0.15) is 46.5 Å². The molecule has 3 heteroatoms. The van der Waals surface area contributed by atoms with Crippen molar-refractivity contribution in [2.45, 2.75) is 46.5 Å². The number of hydrogen-bond donors (Lipinski definition) is 0. The summed E-state index contributed by atoms with van der Waals surface area (Å²) < 4.78 is 0. The van der Waals surface area contributed by atoms with Crippen LogP contribution in [0.25, 0.3) is 0 Å². The van der Waals surface area contributed by atoms with Gasteiger partial charge in [0, 0.05) is 26.6 Å². The van der Waals surface area contributed by atoms with Gasteiger partial charge >= 0.3 is 0 Å². The number of carbonyl (C=O) groups excluding carboxylic acids is 1. The fourth-order valence-electron chi connectivity index (χ4n) is 3.52. The van der Waals surface area contributed by atoms with Gasteiger partial charge < -0.3 is 9.80 Å². The Balaban J connectivity index is 1.81. The van der Waals surface area contributed by atoms with Crippen LogP contribution in [0.15, 0.2) is 0 Å². The van der Waals surface area contributed by atoms with E-state index in [0.29, 0.717) is 5.41 Å². The molecule has 0 N–H and O–H groups in total. The molecule has 104 valence electrons. The van der Waals surface area contributed by atoms with Crippen molar-refractivity contribution in [3.63, 3.8) is 0 Å². The van der Waals surface area contributed by atoms with E-state index in [2.05, 4.69) is 18.7 Å². The Bertz CT molecular complexity index is 283. The first-order chi connectivity index (χ1) is 8.51. The molecule has 1 spiro atoms. The number of rotatable bonds is 2. The van der Waals surface area contributed by atoms with E-state index in [0.717, 1.165) is 19.0 Å². The van der Waals surface area contributed by atoms with E-state index >= 15 is 0 Å². The Morgan fingerprint density at radius 2 is 1.56 bits per heavy atom. The third kappa shape index (κ3) is 3.25. The smallest absolute Gasteiger partial charge is 0.219 e. The normalized spacial score (nSPS) is 24.8. The summed E-state index contributed by atoms with van der Waals surface area (Å²) in [5, 5.41) is 0. The first-order valence-corrected chi connectivity index (χ1v) is 7.49. The molecule has 1 amide bonds. The first kappa shape index (κ1) is 13.9. The monoisotopic (exact) mass is 252 g/mol. The molecule has 2 saturated heterocycles. The molecule has 0 bridgehead atoms. The van der Waals surface area contributed by atoms with Crippen LogP contribution in [0.5, 0.6) is 0 Å².